The smallest absolute Gasteiger partial charge is 0.239 e. The number of aromatic hydroxyl groups is 3. The van der Waals surface area contributed by atoms with Gasteiger partial charge in [0.05, 0.1) is 45.7 Å². The third-order valence-electron chi connectivity index (χ3n) is 17.7. The van der Waals surface area contributed by atoms with Crippen molar-refractivity contribution in [3.8, 4) is 34.3 Å². The van der Waals surface area contributed by atoms with Crippen LogP contribution in [0.1, 0.15) is 6.92 Å². The first-order chi connectivity index (χ1) is 46.0. The lowest BCUT2D eigenvalue weighted by Gasteiger charge is -2.50. The molecule has 35 atom stereocenters. The molecule has 40 heteroatoms. The summed E-state index contributed by atoms with van der Waals surface area (Å²) in [6.07, 6.45) is -69.1. The number of fused-ring (bicyclic) bond motifs is 1. The van der Waals surface area contributed by atoms with Crippen LogP contribution in [-0.2, 0) is 61.6 Å². The summed E-state index contributed by atoms with van der Waals surface area (Å²) in [6.45, 7) is -4.76. The second-order valence-electron chi connectivity index (χ2n) is 24.2. The van der Waals surface area contributed by atoms with E-state index < -0.39 is 288 Å². The molecule has 24 N–H and O–H groups in total. The van der Waals surface area contributed by atoms with E-state index in [9.17, 15) is 127 Å². The number of benzene rings is 2. The second-order valence-corrected chi connectivity index (χ2v) is 24.2. The molecule has 7 saturated heterocycles. The van der Waals surface area contributed by atoms with E-state index in [1.54, 1.807) is 0 Å². The molecule has 8 heterocycles. The maximum Gasteiger partial charge on any atom is 0.239 e. The molecular formula is C57H80O40. The number of aliphatic hydroxyl groups is 21. The van der Waals surface area contributed by atoms with Crippen LogP contribution in [0.4, 0.5) is 0 Å². The van der Waals surface area contributed by atoms with Crippen LogP contribution in [-0.4, -0.2) is 377 Å². The minimum absolute atomic E-state index is 0.0359. The first-order valence-electron chi connectivity index (χ1n) is 30.5. The van der Waals surface area contributed by atoms with Gasteiger partial charge in [0.2, 0.25) is 17.5 Å². The summed E-state index contributed by atoms with van der Waals surface area (Å²) in [5.41, 5.74) is -1.46. The molecule has 548 valence electrons. The lowest BCUT2D eigenvalue weighted by Crippen LogP contribution is -2.68. The summed E-state index contributed by atoms with van der Waals surface area (Å²) < 4.78 is 86.1. The molecule has 10 rings (SSSR count). The summed E-state index contributed by atoms with van der Waals surface area (Å²) in [5, 5.41) is 259. The van der Waals surface area contributed by atoms with Crippen LogP contribution in [0.15, 0.2) is 45.6 Å². The second kappa shape index (κ2) is 31.4. The number of phenolic OH excluding ortho intramolecular Hbond substituents is 3. The zero-order valence-electron chi connectivity index (χ0n) is 50.7. The van der Waals surface area contributed by atoms with Crippen molar-refractivity contribution in [3.63, 3.8) is 0 Å². The predicted molar refractivity (Wildman–Crippen MR) is 302 cm³/mol. The Kier molecular flexibility index (Phi) is 24.3. The maximum absolute atomic E-state index is 14.2. The average Bonchev–Trinajstić information content (AvgIpc) is 0.766. The van der Waals surface area contributed by atoms with Crippen molar-refractivity contribution in [3.05, 3.63) is 46.6 Å². The van der Waals surface area contributed by atoms with Crippen molar-refractivity contribution in [2.75, 3.05) is 39.6 Å². The van der Waals surface area contributed by atoms with Crippen LogP contribution >= 0.6 is 0 Å². The molecule has 0 bridgehead atoms. The number of hydrogen-bond acceptors (Lipinski definition) is 40. The molecule has 14 unspecified atom stereocenters. The van der Waals surface area contributed by atoms with Gasteiger partial charge in [0, 0.05) is 17.7 Å². The van der Waals surface area contributed by atoms with Crippen molar-refractivity contribution >= 4 is 11.0 Å². The van der Waals surface area contributed by atoms with Crippen molar-refractivity contribution in [2.45, 2.75) is 222 Å². The minimum atomic E-state index is -2.33. The topological polar surface area (TPSA) is 645 Å². The average molecular weight is 1410 g/mol. The Balaban J connectivity index is 0.806. The zero-order valence-corrected chi connectivity index (χ0v) is 50.7. The van der Waals surface area contributed by atoms with E-state index in [4.69, 9.17) is 70.7 Å². The Morgan fingerprint density at radius 1 is 0.371 bits per heavy atom. The van der Waals surface area contributed by atoms with Gasteiger partial charge in [-0.05, 0) is 31.2 Å². The highest BCUT2D eigenvalue weighted by Crippen LogP contribution is 2.41. The number of ether oxygens (including phenoxy) is 14. The van der Waals surface area contributed by atoms with E-state index in [0.717, 1.165) is 12.1 Å². The molecule has 0 spiro atoms. The van der Waals surface area contributed by atoms with E-state index in [0.29, 0.717) is 0 Å². The molecule has 0 saturated carbocycles. The molecule has 1 aromatic heterocycles. The minimum Gasteiger partial charge on any atom is -0.508 e. The van der Waals surface area contributed by atoms with E-state index in [-0.39, 0.29) is 16.9 Å². The monoisotopic (exact) mass is 1400 g/mol. The van der Waals surface area contributed by atoms with Gasteiger partial charge >= 0.3 is 0 Å². The SMILES string of the molecule is CC1O[C@@H](OCC2O[C@@H](Oc3c(-c4ccc(O)cc4)oc4cc(O)cc(O)c4c3=O)C(O)[C@@H](O)[C@@H]2O[C@H]2OC(CO)[C@@H](O[C@H]3OC(CO)[C@@H](O[C@H]4OC(CO)[C@@H](O[C@H]5OC(CO)[C@@H](O[C@H]6OC(CO)[C@@H](O)[C@H](O)C6O)[C@H](O)C5O)[C@H](O)C4O)[C@H](O)C3O)[C@H](O)C2O)C(O)[C@@H](O)[C@H]1O. The van der Waals surface area contributed by atoms with Crippen molar-refractivity contribution < 1.29 is 193 Å². The zero-order chi connectivity index (χ0) is 70.5. The van der Waals surface area contributed by atoms with Gasteiger partial charge in [0.15, 0.2) is 43.5 Å². The van der Waals surface area contributed by atoms with Gasteiger partial charge < -0.3 is 193 Å². The largest absolute Gasteiger partial charge is 0.508 e. The molecule has 97 heavy (non-hydrogen) atoms. The fourth-order valence-corrected chi connectivity index (χ4v) is 12.2. The predicted octanol–water partition coefficient (Wildman–Crippen LogP) is -12.3. The molecule has 0 aliphatic carbocycles. The van der Waals surface area contributed by atoms with Gasteiger partial charge in [-0.15, -0.1) is 0 Å². The number of aliphatic hydroxyl groups excluding tert-OH is 21. The standard InChI is InChI=1S/C57H80O40/c1-14-27(66)30(69)37(76)51(84-14)83-13-25-49(36(75)43(82)57(91-25)97-50-29(68)26-18(65)6-17(64)7-19(26)85-44(50)15-2-4-16(63)5-3-15)96-56-42(81)35(74)48(24(12-62)90-56)95-55-41(80)34(73)47(23(11-61)89-55)94-54-40(79)33(72)46(22(10-60)88-54)93-53-39(78)32(71)45(21(9-59)87-53)92-52-38(77)31(70)28(67)20(8-58)86-52/h2-7,14,20-25,27-28,30-43,45-49,51-67,69-82H,8-13H2,1H3/t14?,20?,21?,22?,23?,24?,25?,27-,28+,30-,31-,32+,33+,34+,35+,36+,37?,38?,39?,40?,41?,42?,43?,45+,46+,47+,48+,49+,51+,52+,53+,54+,55+,56+,57-/m0/s1. The maximum atomic E-state index is 14.2. The Bertz CT molecular complexity index is 3090. The molecule has 2 aromatic carbocycles. The highest BCUT2D eigenvalue weighted by molar-refractivity contribution is 5.88. The summed E-state index contributed by atoms with van der Waals surface area (Å²) >= 11 is 0. The van der Waals surface area contributed by atoms with Crippen LogP contribution in [0.25, 0.3) is 22.3 Å². The third kappa shape index (κ3) is 15.1. The first-order valence-corrected chi connectivity index (χ1v) is 30.5. The summed E-state index contributed by atoms with van der Waals surface area (Å²) in [6, 6.07) is 6.75. The summed E-state index contributed by atoms with van der Waals surface area (Å²) in [4.78, 5) is 14.2. The van der Waals surface area contributed by atoms with E-state index in [1.807, 2.05) is 0 Å². The molecule has 0 amide bonds. The molecular weight excluding hydrogens is 1320 g/mol. The molecule has 7 aliphatic rings. The summed E-state index contributed by atoms with van der Waals surface area (Å²) in [5.74, 6) is -2.77. The Morgan fingerprint density at radius 3 is 1.13 bits per heavy atom. The molecule has 3 aromatic rings. The van der Waals surface area contributed by atoms with Crippen LogP contribution in [0, 0.1) is 0 Å². The highest BCUT2D eigenvalue weighted by Gasteiger charge is 2.58. The summed E-state index contributed by atoms with van der Waals surface area (Å²) in [7, 11) is 0. The molecule has 7 aliphatic heterocycles. The normalized spacial score (nSPS) is 45.3. The van der Waals surface area contributed by atoms with Gasteiger partial charge in [-0.2, -0.15) is 0 Å². The van der Waals surface area contributed by atoms with Gasteiger partial charge in [-0.25, -0.2) is 0 Å². The van der Waals surface area contributed by atoms with Crippen LogP contribution in [0.5, 0.6) is 23.0 Å². The van der Waals surface area contributed by atoms with E-state index in [1.165, 1.54) is 31.2 Å². The highest BCUT2D eigenvalue weighted by atomic mass is 16.8. The number of phenols is 3. The Morgan fingerprint density at radius 2 is 0.722 bits per heavy atom. The molecule has 7 fully saturated rings. The van der Waals surface area contributed by atoms with Crippen molar-refractivity contribution in [1.82, 2.24) is 0 Å². The fraction of sp³-hybridized carbons (Fsp3) is 0.737. The van der Waals surface area contributed by atoms with Gasteiger partial charge in [-0.1, -0.05) is 0 Å². The number of hydrogen-bond donors (Lipinski definition) is 24. The van der Waals surface area contributed by atoms with Crippen molar-refractivity contribution in [1.29, 1.82) is 0 Å². The quantitative estimate of drug-likeness (QED) is 0.0471. The molecule has 40 nitrogen and oxygen atoms in total. The van der Waals surface area contributed by atoms with Crippen LogP contribution in [0.3, 0.4) is 0 Å². The first kappa shape index (κ1) is 75.2. The van der Waals surface area contributed by atoms with Crippen LogP contribution < -0.4 is 10.2 Å². The van der Waals surface area contributed by atoms with Gasteiger partial charge in [-0.3, -0.25) is 4.79 Å². The lowest BCUT2D eigenvalue weighted by molar-refractivity contribution is -0.396. The Labute approximate surface area is 545 Å². The fourth-order valence-electron chi connectivity index (χ4n) is 12.2. The molecule has 0 radical (unpaired) electrons. The van der Waals surface area contributed by atoms with E-state index in [2.05, 4.69) is 0 Å². The van der Waals surface area contributed by atoms with Gasteiger partial charge in [0.25, 0.3) is 0 Å². The van der Waals surface area contributed by atoms with Gasteiger partial charge in [0.1, 0.15) is 193 Å². The van der Waals surface area contributed by atoms with Crippen LogP contribution in [0.2, 0.25) is 0 Å². The van der Waals surface area contributed by atoms with E-state index >= 15 is 0 Å². The number of rotatable bonds is 21. The van der Waals surface area contributed by atoms with Crippen molar-refractivity contribution in [2.24, 2.45) is 0 Å². The third-order valence-corrected chi connectivity index (χ3v) is 17.7. The lowest BCUT2D eigenvalue weighted by atomic mass is 9.95. The Hall–Kier alpha value is -4.51.